The average Bonchev–Trinajstić information content (AvgIpc) is 2.48. The van der Waals surface area contributed by atoms with Gasteiger partial charge in [-0.3, -0.25) is 9.97 Å². The Hall–Kier alpha value is -2.76. The van der Waals surface area contributed by atoms with Gasteiger partial charge in [0, 0.05) is 23.8 Å². The molecule has 2 rings (SSSR count). The first-order chi connectivity index (χ1) is 10.4. The molecule has 2 aromatic rings. The number of carbonyl (C=O) groups is 2. The summed E-state index contributed by atoms with van der Waals surface area (Å²) < 4.78 is 4.82. The molecule has 0 aromatic carbocycles. The zero-order valence-electron chi connectivity index (χ0n) is 12.7. The SMILES string of the molecule is CCOC(=O)c1ccnc(C)c1.Cc1cc(C(=O)O)ccn1. The van der Waals surface area contributed by atoms with Crippen LogP contribution in [0.5, 0.6) is 0 Å². The number of pyridine rings is 2. The molecule has 0 fully saturated rings. The number of nitrogens with zero attached hydrogens (tertiary/aromatic N) is 2. The summed E-state index contributed by atoms with van der Waals surface area (Å²) >= 11 is 0. The highest BCUT2D eigenvalue weighted by molar-refractivity contribution is 5.89. The van der Waals surface area contributed by atoms with Crippen molar-refractivity contribution >= 4 is 11.9 Å². The molecular weight excluding hydrogens is 284 g/mol. The average molecular weight is 302 g/mol. The van der Waals surface area contributed by atoms with Crippen LogP contribution < -0.4 is 0 Å². The van der Waals surface area contributed by atoms with Crippen LogP contribution in [0.15, 0.2) is 36.7 Å². The quantitative estimate of drug-likeness (QED) is 0.877. The molecule has 0 radical (unpaired) electrons. The molecule has 0 unspecified atom stereocenters. The van der Waals surface area contributed by atoms with E-state index in [1.54, 1.807) is 32.2 Å². The fraction of sp³-hybridized carbons (Fsp3) is 0.250. The second kappa shape index (κ2) is 8.51. The third-order valence-corrected chi connectivity index (χ3v) is 2.55. The van der Waals surface area contributed by atoms with E-state index >= 15 is 0 Å². The molecule has 0 bridgehead atoms. The molecular formula is C16H18N2O4. The Kier molecular flexibility index (Phi) is 6.69. The number of carboxylic acids is 1. The van der Waals surface area contributed by atoms with Crippen LogP contribution in [0.2, 0.25) is 0 Å². The molecule has 1 N–H and O–H groups in total. The number of aromatic carboxylic acids is 1. The van der Waals surface area contributed by atoms with Crippen molar-refractivity contribution in [3.05, 3.63) is 59.2 Å². The van der Waals surface area contributed by atoms with Crippen LogP contribution in [-0.4, -0.2) is 33.6 Å². The van der Waals surface area contributed by atoms with E-state index in [1.165, 1.54) is 18.3 Å². The number of carboxylic acid groups (broad SMARTS) is 1. The lowest BCUT2D eigenvalue weighted by Crippen LogP contribution is -2.04. The lowest BCUT2D eigenvalue weighted by atomic mass is 10.2. The number of hydrogen-bond acceptors (Lipinski definition) is 5. The van der Waals surface area contributed by atoms with E-state index in [1.807, 2.05) is 6.92 Å². The molecule has 0 spiro atoms. The van der Waals surface area contributed by atoms with E-state index in [-0.39, 0.29) is 11.5 Å². The van der Waals surface area contributed by atoms with Gasteiger partial charge in [0.2, 0.25) is 0 Å². The summed E-state index contributed by atoms with van der Waals surface area (Å²) in [4.78, 5) is 29.3. The van der Waals surface area contributed by atoms with Gasteiger partial charge in [0.1, 0.15) is 0 Å². The molecule has 116 valence electrons. The third-order valence-electron chi connectivity index (χ3n) is 2.55. The van der Waals surface area contributed by atoms with E-state index in [0.717, 1.165) is 11.4 Å². The summed E-state index contributed by atoms with van der Waals surface area (Å²) in [7, 11) is 0. The fourth-order valence-electron chi connectivity index (χ4n) is 1.57. The minimum absolute atomic E-state index is 0.285. The number of aromatic nitrogens is 2. The number of rotatable bonds is 3. The maximum atomic E-state index is 11.1. The summed E-state index contributed by atoms with van der Waals surface area (Å²) in [6.07, 6.45) is 3.08. The second-order valence-corrected chi connectivity index (χ2v) is 4.40. The minimum atomic E-state index is -0.912. The predicted octanol–water partition coefficient (Wildman–Crippen LogP) is 2.65. The normalized spacial score (nSPS) is 9.41. The van der Waals surface area contributed by atoms with Gasteiger partial charge in [-0.2, -0.15) is 0 Å². The van der Waals surface area contributed by atoms with Crippen molar-refractivity contribution in [1.29, 1.82) is 0 Å². The maximum Gasteiger partial charge on any atom is 0.338 e. The van der Waals surface area contributed by atoms with E-state index < -0.39 is 5.97 Å². The van der Waals surface area contributed by atoms with Crippen LogP contribution in [0.25, 0.3) is 0 Å². The number of ether oxygens (including phenoxy) is 1. The van der Waals surface area contributed by atoms with E-state index in [9.17, 15) is 9.59 Å². The van der Waals surface area contributed by atoms with Gasteiger partial charge in [-0.15, -0.1) is 0 Å². The highest BCUT2D eigenvalue weighted by atomic mass is 16.5. The Morgan fingerprint density at radius 1 is 1.05 bits per heavy atom. The van der Waals surface area contributed by atoms with Crippen LogP contribution in [0.3, 0.4) is 0 Å². The molecule has 0 aliphatic heterocycles. The fourth-order valence-corrected chi connectivity index (χ4v) is 1.57. The summed E-state index contributed by atoms with van der Waals surface area (Å²) in [6.45, 7) is 5.78. The van der Waals surface area contributed by atoms with Gasteiger partial charge < -0.3 is 9.84 Å². The number of hydrogen-bond donors (Lipinski definition) is 1. The zero-order valence-corrected chi connectivity index (χ0v) is 12.7. The van der Waals surface area contributed by atoms with Gasteiger partial charge in [0.15, 0.2) is 0 Å². The van der Waals surface area contributed by atoms with E-state index in [2.05, 4.69) is 9.97 Å². The Labute approximate surface area is 128 Å². The maximum absolute atomic E-state index is 11.1. The smallest absolute Gasteiger partial charge is 0.338 e. The monoisotopic (exact) mass is 302 g/mol. The van der Waals surface area contributed by atoms with Crippen LogP contribution >= 0.6 is 0 Å². The van der Waals surface area contributed by atoms with Crippen molar-refractivity contribution in [3.63, 3.8) is 0 Å². The highest BCUT2D eigenvalue weighted by Crippen LogP contribution is 2.02. The van der Waals surface area contributed by atoms with Crippen LogP contribution in [0.1, 0.15) is 39.0 Å². The lowest BCUT2D eigenvalue weighted by Gasteiger charge is -2.00. The predicted molar refractivity (Wildman–Crippen MR) is 80.9 cm³/mol. The molecule has 0 atom stereocenters. The molecule has 22 heavy (non-hydrogen) atoms. The Balaban J connectivity index is 0.000000224. The van der Waals surface area contributed by atoms with Crippen LogP contribution in [0, 0.1) is 13.8 Å². The lowest BCUT2D eigenvalue weighted by molar-refractivity contribution is 0.0525. The van der Waals surface area contributed by atoms with Crippen LogP contribution in [0.4, 0.5) is 0 Å². The molecule has 2 heterocycles. The minimum Gasteiger partial charge on any atom is -0.478 e. The third kappa shape index (κ3) is 5.70. The first-order valence-corrected chi connectivity index (χ1v) is 6.69. The van der Waals surface area contributed by atoms with Crippen molar-refractivity contribution in [2.75, 3.05) is 6.61 Å². The van der Waals surface area contributed by atoms with Crippen molar-refractivity contribution in [3.8, 4) is 0 Å². The summed E-state index contributed by atoms with van der Waals surface area (Å²) in [5.74, 6) is -1.20. The largest absolute Gasteiger partial charge is 0.478 e. The summed E-state index contributed by atoms with van der Waals surface area (Å²) in [5.41, 5.74) is 2.39. The summed E-state index contributed by atoms with van der Waals surface area (Å²) in [5, 5.41) is 8.48. The number of carbonyl (C=O) groups excluding carboxylic acids is 1. The molecule has 0 saturated carbocycles. The molecule has 0 amide bonds. The molecule has 0 aliphatic rings. The standard InChI is InChI=1S/C9H11NO2.C7H7NO2/c1-3-12-9(11)8-4-5-10-7(2)6-8;1-5-4-6(7(9)10)2-3-8-5/h4-6H,3H2,1-2H3;2-4H,1H3,(H,9,10). The molecule has 2 aromatic heterocycles. The second-order valence-electron chi connectivity index (χ2n) is 4.40. The Morgan fingerprint density at radius 3 is 1.95 bits per heavy atom. The van der Waals surface area contributed by atoms with Crippen LogP contribution in [-0.2, 0) is 4.74 Å². The molecule has 0 saturated heterocycles. The highest BCUT2D eigenvalue weighted by Gasteiger charge is 2.05. The van der Waals surface area contributed by atoms with Gasteiger partial charge in [-0.25, -0.2) is 9.59 Å². The zero-order chi connectivity index (χ0) is 16.5. The van der Waals surface area contributed by atoms with E-state index in [4.69, 9.17) is 9.84 Å². The van der Waals surface area contributed by atoms with Gasteiger partial charge in [0.05, 0.1) is 17.7 Å². The first kappa shape index (κ1) is 17.3. The van der Waals surface area contributed by atoms with Crippen molar-refractivity contribution < 1.29 is 19.4 Å². The molecule has 6 heteroatoms. The van der Waals surface area contributed by atoms with Gasteiger partial charge in [-0.05, 0) is 45.0 Å². The Bertz CT molecular complexity index is 656. The van der Waals surface area contributed by atoms with Gasteiger partial charge in [0.25, 0.3) is 0 Å². The molecule has 0 aliphatic carbocycles. The summed E-state index contributed by atoms with van der Waals surface area (Å²) in [6, 6.07) is 6.35. The first-order valence-electron chi connectivity index (χ1n) is 6.69. The van der Waals surface area contributed by atoms with E-state index in [0.29, 0.717) is 12.2 Å². The Morgan fingerprint density at radius 2 is 1.55 bits per heavy atom. The molecule has 6 nitrogen and oxygen atoms in total. The topological polar surface area (TPSA) is 89.4 Å². The van der Waals surface area contributed by atoms with Gasteiger partial charge >= 0.3 is 11.9 Å². The van der Waals surface area contributed by atoms with Crippen molar-refractivity contribution in [2.24, 2.45) is 0 Å². The number of esters is 1. The van der Waals surface area contributed by atoms with Gasteiger partial charge in [-0.1, -0.05) is 0 Å². The number of aryl methyl sites for hydroxylation is 2. The van der Waals surface area contributed by atoms with Crippen molar-refractivity contribution in [1.82, 2.24) is 9.97 Å². The van der Waals surface area contributed by atoms with Crippen molar-refractivity contribution in [2.45, 2.75) is 20.8 Å².